The highest BCUT2D eigenvalue weighted by Crippen LogP contribution is 2.20. The second-order valence-corrected chi connectivity index (χ2v) is 8.58. The van der Waals surface area contributed by atoms with Crippen LogP contribution in [-0.2, 0) is 57.1 Å². The molecule has 0 aliphatic rings. The number of ether oxygens (including phenoxy) is 8. The Balaban J connectivity index is 5.87. The van der Waals surface area contributed by atoms with E-state index in [9.17, 15) is 19.2 Å². The summed E-state index contributed by atoms with van der Waals surface area (Å²) in [5, 5.41) is 0. The smallest absolute Gasteiger partial charge is 0.317 e. The molecule has 0 radical (unpaired) electrons. The molecule has 0 rings (SSSR count). The maximum absolute atomic E-state index is 11.7. The van der Waals surface area contributed by atoms with Crippen LogP contribution in [0.1, 0.15) is 34.6 Å². The number of thiol groups is 4. The summed E-state index contributed by atoms with van der Waals surface area (Å²) in [6, 6.07) is 0. The molecule has 0 spiro atoms. The standard InChI is InChI=1S/C21H36O12S4/c1-11(27-13(3)30-18(23)8-35)21(33-15(5)32-20(25)10-37)16(28-14(4)31-19(24)9-36)6-26-12(2)29-17(22)7-34/h11-16,21,34-37H,6-10H2,1-5H3. The fraction of sp³-hybridized carbons (Fsp3) is 0.810. The quantitative estimate of drug-likeness (QED) is 0.0730. The lowest BCUT2D eigenvalue weighted by Gasteiger charge is -2.35. The van der Waals surface area contributed by atoms with E-state index in [1.54, 1.807) is 6.92 Å². The van der Waals surface area contributed by atoms with Crippen molar-refractivity contribution in [2.75, 3.05) is 29.6 Å². The van der Waals surface area contributed by atoms with E-state index in [1.165, 1.54) is 27.7 Å². The minimum absolute atomic E-state index is 0.155. The maximum atomic E-state index is 11.7. The molecule has 216 valence electrons. The Labute approximate surface area is 238 Å². The molecule has 7 atom stereocenters. The number of rotatable bonds is 19. The average Bonchev–Trinajstić information content (AvgIpc) is 2.84. The SMILES string of the molecule is CC(OCC(OC(C)OC(=O)CS)C(OC(C)OC(=O)CS)C(C)OC(C)OC(=O)CS)OC(=O)CS. The minimum atomic E-state index is -1.09. The number of esters is 4. The molecule has 12 nitrogen and oxygen atoms in total. The van der Waals surface area contributed by atoms with Gasteiger partial charge in [0.25, 0.3) is 0 Å². The predicted octanol–water partition coefficient (Wildman–Crippen LogP) is 1.45. The van der Waals surface area contributed by atoms with Crippen molar-refractivity contribution < 1.29 is 57.1 Å². The summed E-state index contributed by atoms with van der Waals surface area (Å²) < 4.78 is 43.5. The lowest BCUT2D eigenvalue weighted by molar-refractivity contribution is -0.269. The molecular weight excluding hydrogens is 572 g/mol. The van der Waals surface area contributed by atoms with E-state index in [4.69, 9.17) is 37.9 Å². The lowest BCUT2D eigenvalue weighted by Crippen LogP contribution is -2.49. The summed E-state index contributed by atoms with van der Waals surface area (Å²) in [6.45, 7) is 7.23. The Kier molecular flexibility index (Phi) is 19.6. The predicted molar refractivity (Wildman–Crippen MR) is 144 cm³/mol. The third-order valence-corrected chi connectivity index (χ3v) is 5.18. The van der Waals surface area contributed by atoms with Gasteiger partial charge in [0.1, 0.15) is 12.2 Å². The van der Waals surface area contributed by atoms with Crippen molar-refractivity contribution in [1.29, 1.82) is 0 Å². The van der Waals surface area contributed by atoms with Gasteiger partial charge in [0.15, 0.2) is 6.29 Å². The van der Waals surface area contributed by atoms with Crippen LogP contribution in [0.3, 0.4) is 0 Å². The average molecular weight is 609 g/mol. The van der Waals surface area contributed by atoms with Crippen LogP contribution in [0, 0.1) is 0 Å². The molecule has 7 unspecified atom stereocenters. The number of carbonyl (C=O) groups excluding carboxylic acids is 4. The number of carbonyl (C=O) groups is 4. The first kappa shape index (κ1) is 36.1. The van der Waals surface area contributed by atoms with E-state index >= 15 is 0 Å². The van der Waals surface area contributed by atoms with Crippen LogP contribution in [-0.4, -0.2) is 97.0 Å². The van der Waals surface area contributed by atoms with Crippen LogP contribution in [0.2, 0.25) is 0 Å². The van der Waals surface area contributed by atoms with Gasteiger partial charge in [-0.05, 0) is 34.6 Å². The molecule has 16 heteroatoms. The second kappa shape index (κ2) is 20.1. The van der Waals surface area contributed by atoms with Crippen LogP contribution in [0.25, 0.3) is 0 Å². The number of hydrogen-bond acceptors (Lipinski definition) is 16. The fourth-order valence-electron chi connectivity index (χ4n) is 2.80. The molecular formula is C21H36O12S4. The zero-order valence-corrected chi connectivity index (χ0v) is 24.8. The van der Waals surface area contributed by atoms with Crippen molar-refractivity contribution in [3.63, 3.8) is 0 Å². The van der Waals surface area contributed by atoms with Gasteiger partial charge in [-0.25, -0.2) is 0 Å². The fourth-order valence-corrected chi connectivity index (χ4v) is 3.09. The monoisotopic (exact) mass is 608 g/mol. The Hall–Kier alpha value is -0.880. The molecule has 0 aromatic heterocycles. The van der Waals surface area contributed by atoms with Crippen LogP contribution in [0.15, 0.2) is 0 Å². The normalized spacial score (nSPS) is 16.9. The first-order valence-electron chi connectivity index (χ1n) is 11.2. The highest BCUT2D eigenvalue weighted by atomic mass is 32.1. The molecule has 0 aliphatic heterocycles. The van der Waals surface area contributed by atoms with Crippen LogP contribution in [0.5, 0.6) is 0 Å². The molecule has 0 aliphatic carbocycles. The summed E-state index contributed by atoms with van der Waals surface area (Å²) in [6.07, 6.45) is -7.13. The van der Waals surface area contributed by atoms with Gasteiger partial charge in [-0.1, -0.05) is 0 Å². The minimum Gasteiger partial charge on any atom is -0.435 e. The van der Waals surface area contributed by atoms with Crippen molar-refractivity contribution >= 4 is 74.4 Å². The third kappa shape index (κ3) is 16.6. The molecule has 0 N–H and O–H groups in total. The molecule has 0 aromatic carbocycles. The van der Waals surface area contributed by atoms with E-state index in [0.29, 0.717) is 0 Å². The van der Waals surface area contributed by atoms with Crippen LogP contribution in [0.4, 0.5) is 0 Å². The van der Waals surface area contributed by atoms with Gasteiger partial charge in [-0.15, -0.1) is 0 Å². The second-order valence-electron chi connectivity index (χ2n) is 7.31. The van der Waals surface area contributed by atoms with Crippen LogP contribution < -0.4 is 0 Å². The van der Waals surface area contributed by atoms with Gasteiger partial charge in [0, 0.05) is 0 Å². The maximum Gasteiger partial charge on any atom is 0.317 e. The third-order valence-electron chi connectivity index (χ3n) is 4.15. The van der Waals surface area contributed by atoms with Gasteiger partial charge < -0.3 is 37.9 Å². The van der Waals surface area contributed by atoms with E-state index in [-0.39, 0.29) is 29.6 Å². The summed E-state index contributed by atoms with van der Waals surface area (Å²) in [5.41, 5.74) is 0. The molecule has 0 fully saturated rings. The lowest BCUT2D eigenvalue weighted by atomic mass is 10.1. The van der Waals surface area contributed by atoms with Crippen molar-refractivity contribution in [2.24, 2.45) is 0 Å². The van der Waals surface area contributed by atoms with Crippen molar-refractivity contribution in [1.82, 2.24) is 0 Å². The Bertz CT molecular complexity index is 713. The molecule has 0 amide bonds. The van der Waals surface area contributed by atoms with Crippen molar-refractivity contribution in [3.8, 4) is 0 Å². The summed E-state index contributed by atoms with van der Waals surface area (Å²) in [7, 11) is 0. The Morgan fingerprint density at radius 3 is 1.30 bits per heavy atom. The summed E-state index contributed by atoms with van der Waals surface area (Å²) in [4.78, 5) is 46.5. The van der Waals surface area contributed by atoms with Gasteiger partial charge >= 0.3 is 23.9 Å². The Morgan fingerprint density at radius 2 is 0.892 bits per heavy atom. The first-order chi connectivity index (χ1) is 17.4. The zero-order chi connectivity index (χ0) is 28.5. The molecule has 0 aromatic rings. The van der Waals surface area contributed by atoms with Crippen molar-refractivity contribution in [2.45, 2.75) is 78.1 Å². The van der Waals surface area contributed by atoms with Crippen LogP contribution >= 0.6 is 50.5 Å². The summed E-state index contributed by atoms with van der Waals surface area (Å²) in [5.74, 6) is -3.19. The summed E-state index contributed by atoms with van der Waals surface area (Å²) >= 11 is 15.4. The zero-order valence-electron chi connectivity index (χ0n) is 21.3. The van der Waals surface area contributed by atoms with E-state index in [1.807, 2.05) is 0 Å². The van der Waals surface area contributed by atoms with Gasteiger partial charge in [0.2, 0.25) is 18.9 Å². The highest BCUT2D eigenvalue weighted by Gasteiger charge is 2.36. The van der Waals surface area contributed by atoms with Gasteiger partial charge in [-0.2, -0.15) is 50.5 Å². The first-order valence-corrected chi connectivity index (χ1v) is 13.7. The van der Waals surface area contributed by atoms with E-state index in [2.05, 4.69) is 50.5 Å². The van der Waals surface area contributed by atoms with E-state index < -0.39 is 67.3 Å². The largest absolute Gasteiger partial charge is 0.435 e. The molecule has 0 heterocycles. The molecule has 37 heavy (non-hydrogen) atoms. The molecule has 0 saturated carbocycles. The molecule has 0 bridgehead atoms. The topological polar surface area (TPSA) is 142 Å². The molecule has 0 saturated heterocycles. The number of hydrogen-bond donors (Lipinski definition) is 4. The Morgan fingerprint density at radius 1 is 0.541 bits per heavy atom. The van der Waals surface area contributed by atoms with Gasteiger partial charge in [-0.3, -0.25) is 19.2 Å². The van der Waals surface area contributed by atoms with Gasteiger partial charge in [0.05, 0.1) is 35.7 Å². The van der Waals surface area contributed by atoms with Crippen molar-refractivity contribution in [3.05, 3.63) is 0 Å². The van der Waals surface area contributed by atoms with E-state index in [0.717, 1.165) is 0 Å². The highest BCUT2D eigenvalue weighted by molar-refractivity contribution is 7.81.